The smallest absolute Gasteiger partial charge is 0.337 e. The summed E-state index contributed by atoms with van der Waals surface area (Å²) in [7, 11) is 1.38. The fourth-order valence-electron chi connectivity index (χ4n) is 2.37. The monoisotopic (exact) mass is 327 g/mol. The molecule has 0 spiro atoms. The molecule has 1 N–H and O–H groups in total. The van der Waals surface area contributed by atoms with Crippen LogP contribution in [0.3, 0.4) is 0 Å². The second-order valence-corrected chi connectivity index (χ2v) is 5.02. The Morgan fingerprint density at radius 2 is 1.78 bits per heavy atom. The van der Waals surface area contributed by atoms with E-state index in [9.17, 15) is 4.79 Å². The molecule has 0 aliphatic heterocycles. The summed E-state index contributed by atoms with van der Waals surface area (Å²) in [6.07, 6.45) is 0. The van der Waals surface area contributed by atoms with Crippen molar-refractivity contribution in [1.29, 1.82) is 0 Å². The van der Waals surface area contributed by atoms with Crippen LogP contribution in [-0.2, 0) is 4.74 Å². The Balaban J connectivity index is 0.00000192. The highest BCUT2D eigenvalue weighted by molar-refractivity contribution is 5.94. The SMILES string of the molecule is COC(=O)c1ccc(Nc2cc(C)nc3ccccc23)cc1.[Cl-]. The van der Waals surface area contributed by atoms with Crippen LogP contribution in [-0.4, -0.2) is 18.1 Å². The van der Waals surface area contributed by atoms with Crippen molar-refractivity contribution >= 4 is 28.2 Å². The van der Waals surface area contributed by atoms with E-state index in [1.807, 2.05) is 49.4 Å². The zero-order valence-corrected chi connectivity index (χ0v) is 13.6. The minimum atomic E-state index is -0.336. The lowest BCUT2D eigenvalue weighted by Crippen LogP contribution is -3.00. The number of halogens is 1. The average Bonchev–Trinajstić information content (AvgIpc) is 2.54. The average molecular weight is 328 g/mol. The van der Waals surface area contributed by atoms with Crippen LogP contribution in [0.5, 0.6) is 0 Å². The third kappa shape index (κ3) is 3.60. The number of rotatable bonds is 3. The normalized spacial score (nSPS) is 10.0. The quantitative estimate of drug-likeness (QED) is 0.731. The second kappa shape index (κ2) is 7.11. The van der Waals surface area contributed by atoms with Crippen LogP contribution in [0, 0.1) is 6.92 Å². The molecule has 0 amide bonds. The van der Waals surface area contributed by atoms with Gasteiger partial charge >= 0.3 is 5.97 Å². The van der Waals surface area contributed by atoms with Crippen LogP contribution in [0.25, 0.3) is 10.9 Å². The van der Waals surface area contributed by atoms with Crippen molar-refractivity contribution in [1.82, 2.24) is 4.98 Å². The number of hydrogen-bond donors (Lipinski definition) is 1. The van der Waals surface area contributed by atoms with E-state index in [1.54, 1.807) is 12.1 Å². The Morgan fingerprint density at radius 1 is 1.09 bits per heavy atom. The molecule has 0 bridgehead atoms. The molecule has 2 aromatic carbocycles. The first-order valence-electron chi connectivity index (χ1n) is 6.99. The number of esters is 1. The molecule has 1 aromatic heterocycles. The van der Waals surface area contributed by atoms with Gasteiger partial charge in [-0.1, -0.05) is 18.2 Å². The first-order chi connectivity index (χ1) is 10.7. The molecule has 1 heterocycles. The molecule has 0 fully saturated rings. The van der Waals surface area contributed by atoms with Crippen LogP contribution in [0.15, 0.2) is 54.6 Å². The van der Waals surface area contributed by atoms with E-state index < -0.39 is 0 Å². The lowest BCUT2D eigenvalue weighted by atomic mass is 10.1. The number of carbonyl (C=O) groups is 1. The summed E-state index contributed by atoms with van der Waals surface area (Å²) in [5.74, 6) is -0.336. The van der Waals surface area contributed by atoms with Gasteiger partial charge in [-0.05, 0) is 43.3 Å². The summed E-state index contributed by atoms with van der Waals surface area (Å²) >= 11 is 0. The summed E-state index contributed by atoms with van der Waals surface area (Å²) < 4.78 is 4.70. The molecule has 0 atom stereocenters. The van der Waals surface area contributed by atoms with E-state index in [0.29, 0.717) is 5.56 Å². The van der Waals surface area contributed by atoms with E-state index in [0.717, 1.165) is 28.0 Å². The fraction of sp³-hybridized carbons (Fsp3) is 0.111. The molecule has 0 aliphatic rings. The van der Waals surface area contributed by atoms with Crippen molar-refractivity contribution < 1.29 is 21.9 Å². The number of benzene rings is 2. The maximum atomic E-state index is 11.5. The number of ether oxygens (including phenoxy) is 1. The Hall–Kier alpha value is -2.59. The Bertz CT molecular complexity index is 832. The molecule has 3 aromatic rings. The zero-order valence-electron chi connectivity index (χ0n) is 12.8. The molecule has 23 heavy (non-hydrogen) atoms. The van der Waals surface area contributed by atoms with Crippen LogP contribution >= 0.6 is 0 Å². The van der Waals surface area contributed by atoms with Crippen LogP contribution in [0.1, 0.15) is 16.1 Å². The van der Waals surface area contributed by atoms with Crippen molar-refractivity contribution in [3.8, 4) is 0 Å². The van der Waals surface area contributed by atoms with Crippen molar-refractivity contribution in [2.24, 2.45) is 0 Å². The van der Waals surface area contributed by atoms with Gasteiger partial charge in [0, 0.05) is 22.5 Å². The van der Waals surface area contributed by atoms with Crippen molar-refractivity contribution in [2.75, 3.05) is 12.4 Å². The van der Waals surface area contributed by atoms with Gasteiger partial charge in [-0.2, -0.15) is 0 Å². The van der Waals surface area contributed by atoms with Crippen LogP contribution in [0.2, 0.25) is 0 Å². The number of nitrogens with zero attached hydrogens (tertiary/aromatic N) is 1. The molecule has 118 valence electrons. The highest BCUT2D eigenvalue weighted by Gasteiger charge is 2.06. The summed E-state index contributed by atoms with van der Waals surface area (Å²) in [5.41, 5.74) is 4.34. The van der Waals surface area contributed by atoms with Crippen molar-refractivity contribution in [3.63, 3.8) is 0 Å². The van der Waals surface area contributed by atoms with E-state index in [4.69, 9.17) is 4.74 Å². The highest BCUT2D eigenvalue weighted by atomic mass is 35.5. The number of carbonyl (C=O) groups excluding carboxylic acids is 1. The van der Waals surface area contributed by atoms with Gasteiger partial charge in [0.05, 0.1) is 18.2 Å². The van der Waals surface area contributed by atoms with E-state index in [-0.39, 0.29) is 18.4 Å². The number of aromatic nitrogens is 1. The lowest BCUT2D eigenvalue weighted by molar-refractivity contribution is -0.0000191. The molecular weight excluding hydrogens is 312 g/mol. The lowest BCUT2D eigenvalue weighted by Gasteiger charge is -2.11. The van der Waals surface area contributed by atoms with Crippen molar-refractivity contribution in [3.05, 3.63) is 65.9 Å². The molecular formula is C18H16ClN2O2-. The van der Waals surface area contributed by atoms with E-state index in [1.165, 1.54) is 7.11 Å². The number of methoxy groups -OCH3 is 1. The van der Waals surface area contributed by atoms with Crippen LogP contribution in [0.4, 0.5) is 11.4 Å². The van der Waals surface area contributed by atoms with Gasteiger partial charge in [0.25, 0.3) is 0 Å². The van der Waals surface area contributed by atoms with Gasteiger partial charge in [0.2, 0.25) is 0 Å². The van der Waals surface area contributed by atoms with Gasteiger partial charge in [-0.3, -0.25) is 4.98 Å². The second-order valence-electron chi connectivity index (χ2n) is 5.02. The number of fused-ring (bicyclic) bond motifs is 1. The fourth-order valence-corrected chi connectivity index (χ4v) is 2.37. The summed E-state index contributed by atoms with van der Waals surface area (Å²) in [5, 5.41) is 4.44. The number of aryl methyl sites for hydroxylation is 1. The summed E-state index contributed by atoms with van der Waals surface area (Å²) in [6.45, 7) is 1.97. The molecule has 4 nitrogen and oxygen atoms in total. The molecule has 0 saturated carbocycles. The highest BCUT2D eigenvalue weighted by Crippen LogP contribution is 2.26. The predicted molar refractivity (Wildman–Crippen MR) is 87.5 cm³/mol. The molecule has 0 radical (unpaired) electrons. The summed E-state index contributed by atoms with van der Waals surface area (Å²) in [4.78, 5) is 16.0. The standard InChI is InChI=1S/C18H16N2O2.ClH/c1-12-11-17(15-5-3-4-6-16(15)19-12)20-14-9-7-13(8-10-14)18(21)22-2;/h3-11H,1-2H3,(H,19,20);1H/p-1. The number of para-hydroxylation sites is 1. The number of pyridine rings is 1. The molecule has 0 unspecified atom stereocenters. The maximum Gasteiger partial charge on any atom is 0.337 e. The van der Waals surface area contributed by atoms with Gasteiger partial charge < -0.3 is 22.5 Å². The Labute approximate surface area is 140 Å². The van der Waals surface area contributed by atoms with Gasteiger partial charge in [0.15, 0.2) is 0 Å². The minimum absolute atomic E-state index is 0. The van der Waals surface area contributed by atoms with Gasteiger partial charge in [-0.25, -0.2) is 4.79 Å². The van der Waals surface area contributed by atoms with Crippen molar-refractivity contribution in [2.45, 2.75) is 6.92 Å². The Morgan fingerprint density at radius 3 is 2.48 bits per heavy atom. The number of nitrogens with one attached hydrogen (secondary N) is 1. The molecule has 0 saturated heterocycles. The third-order valence-electron chi connectivity index (χ3n) is 3.43. The molecule has 5 heteroatoms. The molecule has 0 aliphatic carbocycles. The zero-order chi connectivity index (χ0) is 15.5. The number of hydrogen-bond acceptors (Lipinski definition) is 4. The first kappa shape index (κ1) is 16.8. The van der Waals surface area contributed by atoms with E-state index in [2.05, 4.69) is 10.3 Å². The van der Waals surface area contributed by atoms with E-state index >= 15 is 0 Å². The minimum Gasteiger partial charge on any atom is -1.00 e. The van der Waals surface area contributed by atoms with Gasteiger partial charge in [-0.15, -0.1) is 0 Å². The predicted octanol–water partition coefficient (Wildman–Crippen LogP) is 1.08. The third-order valence-corrected chi connectivity index (χ3v) is 3.43. The Kier molecular flexibility index (Phi) is 5.19. The number of anilines is 2. The molecule has 3 rings (SSSR count). The maximum absolute atomic E-state index is 11.5. The first-order valence-corrected chi connectivity index (χ1v) is 6.99. The summed E-state index contributed by atoms with van der Waals surface area (Å²) in [6, 6.07) is 17.2. The largest absolute Gasteiger partial charge is 1.00 e. The van der Waals surface area contributed by atoms with Gasteiger partial charge in [0.1, 0.15) is 0 Å². The van der Waals surface area contributed by atoms with Crippen LogP contribution < -0.4 is 17.7 Å². The topological polar surface area (TPSA) is 51.2 Å².